The number of ether oxygens (including phenoxy) is 1. The summed E-state index contributed by atoms with van der Waals surface area (Å²) in [5.74, 6) is 0.657. The van der Waals surface area contributed by atoms with E-state index in [-0.39, 0.29) is 29.0 Å². The standard InChI is InChI=1S/C24H24N6O4S/c1-25-15-22(31)26-17-6-5-7-19(14-17)35(32,33)30-24-23(27-16-10-12-18(34-2)13-11-16)28-20-8-3-4-9-21(20)29-24/h3-14,25H,15H2,1-2H3,(H,26,31)(H,27,28)(H,29,30). The molecule has 0 bridgehead atoms. The van der Waals surface area contributed by atoms with Crippen molar-refractivity contribution in [2.75, 3.05) is 36.1 Å². The van der Waals surface area contributed by atoms with Crippen LogP contribution < -0.4 is 25.4 Å². The monoisotopic (exact) mass is 492 g/mol. The molecule has 0 unspecified atom stereocenters. The van der Waals surface area contributed by atoms with Crippen LogP contribution in [0.3, 0.4) is 0 Å². The van der Waals surface area contributed by atoms with Crippen LogP contribution >= 0.6 is 0 Å². The van der Waals surface area contributed by atoms with Crippen LogP contribution in [-0.4, -0.2) is 45.0 Å². The van der Waals surface area contributed by atoms with Gasteiger partial charge < -0.3 is 20.7 Å². The van der Waals surface area contributed by atoms with Crippen LogP contribution in [0.4, 0.5) is 23.0 Å². The Labute approximate surface area is 202 Å². The zero-order valence-corrected chi connectivity index (χ0v) is 19.9. The van der Waals surface area contributed by atoms with Crippen LogP contribution in [-0.2, 0) is 14.8 Å². The minimum absolute atomic E-state index is 0.0316. The number of fused-ring (bicyclic) bond motifs is 1. The van der Waals surface area contributed by atoms with Crippen LogP contribution in [0.15, 0.2) is 77.7 Å². The van der Waals surface area contributed by atoms with Crippen LogP contribution in [0, 0.1) is 0 Å². The highest BCUT2D eigenvalue weighted by Crippen LogP contribution is 2.28. The molecular weight excluding hydrogens is 468 g/mol. The molecule has 1 amide bonds. The van der Waals surface area contributed by atoms with Gasteiger partial charge >= 0.3 is 0 Å². The fourth-order valence-corrected chi connectivity index (χ4v) is 4.32. The van der Waals surface area contributed by atoms with Crippen molar-refractivity contribution in [3.63, 3.8) is 0 Å². The predicted octanol–water partition coefficient (Wildman–Crippen LogP) is 3.34. The van der Waals surface area contributed by atoms with E-state index in [2.05, 4.69) is 30.6 Å². The lowest BCUT2D eigenvalue weighted by Gasteiger charge is -2.14. The predicted molar refractivity (Wildman–Crippen MR) is 136 cm³/mol. The number of carbonyl (C=O) groups is 1. The normalized spacial score (nSPS) is 11.1. The number of sulfonamides is 1. The molecule has 4 rings (SSSR count). The fourth-order valence-electron chi connectivity index (χ4n) is 3.26. The van der Waals surface area contributed by atoms with Crippen molar-refractivity contribution in [3.05, 3.63) is 72.8 Å². The van der Waals surface area contributed by atoms with Crippen LogP contribution in [0.25, 0.3) is 11.0 Å². The Hall–Kier alpha value is -4.22. The van der Waals surface area contributed by atoms with Gasteiger partial charge in [0.05, 0.1) is 29.6 Å². The Balaban J connectivity index is 1.67. The summed E-state index contributed by atoms with van der Waals surface area (Å²) in [4.78, 5) is 20.9. The lowest BCUT2D eigenvalue weighted by Crippen LogP contribution is -2.25. The molecule has 0 saturated heterocycles. The fraction of sp³-hybridized carbons (Fsp3) is 0.125. The van der Waals surface area contributed by atoms with Crippen LogP contribution in [0.1, 0.15) is 0 Å². The Morgan fingerprint density at radius 1 is 0.886 bits per heavy atom. The van der Waals surface area contributed by atoms with Crippen LogP contribution in [0.5, 0.6) is 5.75 Å². The van der Waals surface area contributed by atoms with E-state index in [0.717, 1.165) is 0 Å². The SMILES string of the molecule is CNCC(=O)Nc1cccc(S(=O)(=O)Nc2nc3ccccc3nc2Nc2ccc(OC)cc2)c1. The largest absolute Gasteiger partial charge is 0.497 e. The molecule has 1 heterocycles. The number of anilines is 4. The number of hydrogen-bond donors (Lipinski definition) is 4. The molecule has 3 aromatic carbocycles. The third-order valence-corrected chi connectivity index (χ3v) is 6.26. The second-order valence-electron chi connectivity index (χ2n) is 7.47. The number of amides is 1. The first-order chi connectivity index (χ1) is 16.9. The van der Waals surface area contributed by atoms with Gasteiger partial charge in [-0.05, 0) is 61.6 Å². The lowest BCUT2D eigenvalue weighted by atomic mass is 10.3. The maximum absolute atomic E-state index is 13.2. The smallest absolute Gasteiger partial charge is 0.263 e. The molecular formula is C24H24N6O4S. The topological polar surface area (TPSA) is 134 Å². The number of aromatic nitrogens is 2. The molecule has 0 aliphatic carbocycles. The van der Waals surface area contributed by atoms with E-state index in [4.69, 9.17) is 4.74 Å². The van der Waals surface area contributed by atoms with Crippen molar-refractivity contribution in [2.45, 2.75) is 4.90 Å². The van der Waals surface area contributed by atoms with Crippen molar-refractivity contribution in [1.82, 2.24) is 15.3 Å². The number of methoxy groups -OCH3 is 1. The first kappa shape index (κ1) is 23.9. The highest BCUT2D eigenvalue weighted by Gasteiger charge is 2.20. The molecule has 4 aromatic rings. The molecule has 35 heavy (non-hydrogen) atoms. The van der Waals surface area contributed by atoms with Crippen molar-refractivity contribution in [1.29, 1.82) is 0 Å². The maximum atomic E-state index is 13.2. The number of carbonyl (C=O) groups excluding carboxylic acids is 1. The molecule has 1 aromatic heterocycles. The summed E-state index contributed by atoms with van der Waals surface area (Å²) in [7, 11) is -0.837. The van der Waals surface area contributed by atoms with E-state index in [0.29, 0.717) is 28.2 Å². The van der Waals surface area contributed by atoms with Gasteiger partial charge in [-0.1, -0.05) is 18.2 Å². The maximum Gasteiger partial charge on any atom is 0.263 e. The number of para-hydroxylation sites is 2. The van der Waals surface area contributed by atoms with Gasteiger partial charge in [-0.3, -0.25) is 9.52 Å². The van der Waals surface area contributed by atoms with Crippen LogP contribution in [0.2, 0.25) is 0 Å². The number of likely N-dealkylation sites (N-methyl/N-ethyl adjacent to an activating group) is 1. The second-order valence-corrected chi connectivity index (χ2v) is 9.16. The van der Waals surface area contributed by atoms with Gasteiger partial charge in [-0.25, -0.2) is 18.4 Å². The van der Waals surface area contributed by atoms with E-state index >= 15 is 0 Å². The van der Waals surface area contributed by atoms with E-state index in [1.54, 1.807) is 68.8 Å². The molecule has 0 fully saturated rings. The van der Waals surface area contributed by atoms with E-state index in [1.807, 2.05) is 6.07 Å². The third-order valence-electron chi connectivity index (χ3n) is 4.92. The molecule has 180 valence electrons. The van der Waals surface area contributed by atoms with Gasteiger partial charge in [0.1, 0.15) is 5.75 Å². The summed E-state index contributed by atoms with van der Waals surface area (Å²) in [6.07, 6.45) is 0. The summed E-state index contributed by atoms with van der Waals surface area (Å²) < 4.78 is 34.2. The average molecular weight is 493 g/mol. The summed E-state index contributed by atoms with van der Waals surface area (Å²) in [6.45, 7) is 0.0995. The van der Waals surface area contributed by atoms with Gasteiger partial charge in [-0.2, -0.15) is 0 Å². The summed E-state index contributed by atoms with van der Waals surface area (Å²) >= 11 is 0. The Morgan fingerprint density at radius 3 is 2.23 bits per heavy atom. The lowest BCUT2D eigenvalue weighted by molar-refractivity contribution is -0.115. The Morgan fingerprint density at radius 2 is 1.57 bits per heavy atom. The minimum Gasteiger partial charge on any atom is -0.497 e. The van der Waals surface area contributed by atoms with Crippen molar-refractivity contribution in [2.24, 2.45) is 0 Å². The van der Waals surface area contributed by atoms with Crippen molar-refractivity contribution in [3.8, 4) is 5.75 Å². The number of nitrogens with zero attached hydrogens (tertiary/aromatic N) is 2. The molecule has 0 radical (unpaired) electrons. The highest BCUT2D eigenvalue weighted by atomic mass is 32.2. The first-order valence-electron chi connectivity index (χ1n) is 10.6. The quantitative estimate of drug-likeness (QED) is 0.280. The van der Waals surface area contributed by atoms with Gasteiger partial charge in [0.2, 0.25) is 5.91 Å². The number of rotatable bonds is 9. The molecule has 0 aliphatic heterocycles. The molecule has 0 atom stereocenters. The summed E-state index contributed by atoms with van der Waals surface area (Å²) in [6, 6.07) is 20.2. The average Bonchev–Trinajstić information content (AvgIpc) is 2.85. The summed E-state index contributed by atoms with van der Waals surface area (Å²) in [5, 5.41) is 8.51. The molecule has 0 saturated carbocycles. The Bertz CT molecular complexity index is 1460. The summed E-state index contributed by atoms with van der Waals surface area (Å²) in [5.41, 5.74) is 2.15. The van der Waals surface area contributed by atoms with E-state index in [1.165, 1.54) is 12.1 Å². The van der Waals surface area contributed by atoms with Gasteiger partial charge in [0, 0.05) is 11.4 Å². The second kappa shape index (κ2) is 10.4. The highest BCUT2D eigenvalue weighted by molar-refractivity contribution is 7.92. The Kier molecular flexibility index (Phi) is 7.09. The van der Waals surface area contributed by atoms with Crippen molar-refractivity contribution >= 4 is 50.0 Å². The molecule has 0 aliphatic rings. The molecule has 0 spiro atoms. The van der Waals surface area contributed by atoms with Gasteiger partial charge in [-0.15, -0.1) is 0 Å². The number of hydrogen-bond acceptors (Lipinski definition) is 8. The number of benzene rings is 3. The first-order valence-corrected chi connectivity index (χ1v) is 12.1. The van der Waals surface area contributed by atoms with Gasteiger partial charge in [0.15, 0.2) is 11.6 Å². The molecule has 11 heteroatoms. The van der Waals surface area contributed by atoms with E-state index < -0.39 is 10.0 Å². The van der Waals surface area contributed by atoms with Crippen molar-refractivity contribution < 1.29 is 17.9 Å². The molecule has 10 nitrogen and oxygen atoms in total. The minimum atomic E-state index is -4.06. The zero-order valence-electron chi connectivity index (χ0n) is 19.1. The van der Waals surface area contributed by atoms with E-state index in [9.17, 15) is 13.2 Å². The third kappa shape index (κ3) is 5.83. The van der Waals surface area contributed by atoms with Gasteiger partial charge in [0.25, 0.3) is 10.0 Å². The number of nitrogens with one attached hydrogen (secondary N) is 4. The zero-order chi connectivity index (χ0) is 24.8. The molecule has 4 N–H and O–H groups in total.